The molecule has 0 amide bonds. The van der Waals surface area contributed by atoms with Gasteiger partial charge < -0.3 is 0 Å². The predicted molar refractivity (Wildman–Crippen MR) is 79.1 cm³/mol. The van der Waals surface area contributed by atoms with Gasteiger partial charge in [-0.15, -0.1) is 0 Å². The van der Waals surface area contributed by atoms with Gasteiger partial charge in [0.1, 0.15) is 14.1 Å². The summed E-state index contributed by atoms with van der Waals surface area (Å²) in [6, 6.07) is 9.14. The van der Waals surface area contributed by atoms with Crippen LogP contribution in [0.5, 0.6) is 0 Å². The van der Waals surface area contributed by atoms with Crippen molar-refractivity contribution in [1.82, 2.24) is 0 Å². The molecular weight excluding hydrogens is 244 g/mol. The average Bonchev–Trinajstić information content (AvgIpc) is 2.83. The lowest BCUT2D eigenvalue weighted by molar-refractivity contribution is -0.671. The van der Waals surface area contributed by atoms with E-state index in [9.17, 15) is 0 Å². The summed E-state index contributed by atoms with van der Waals surface area (Å²) in [5.74, 6) is 2.13. The first kappa shape index (κ1) is 13.3. The van der Waals surface area contributed by atoms with Crippen LogP contribution in [0.15, 0.2) is 49.1 Å². The molecule has 1 aliphatic rings. The monoisotopic (exact) mass is 268 g/mol. The minimum atomic E-state index is 0.704. The van der Waals surface area contributed by atoms with E-state index < -0.39 is 0 Å². The summed E-state index contributed by atoms with van der Waals surface area (Å²) in [6.45, 7) is 2.42. The van der Waals surface area contributed by atoms with Gasteiger partial charge in [-0.1, -0.05) is 6.92 Å². The number of aryl methyl sites for hydroxylation is 2. The Morgan fingerprint density at radius 3 is 1.45 bits per heavy atom. The highest BCUT2D eigenvalue weighted by Gasteiger charge is 2.35. The highest BCUT2D eigenvalue weighted by atomic mass is 14.9. The van der Waals surface area contributed by atoms with Gasteiger partial charge in [0.2, 0.25) is 0 Å². The summed E-state index contributed by atoms with van der Waals surface area (Å²) in [5.41, 5.74) is 3.00. The Morgan fingerprint density at radius 2 is 1.10 bits per heavy atom. The second kappa shape index (κ2) is 5.35. The zero-order valence-electron chi connectivity index (χ0n) is 12.7. The van der Waals surface area contributed by atoms with Crippen molar-refractivity contribution in [3.05, 3.63) is 60.2 Å². The smallest absolute Gasteiger partial charge is 0.168 e. The number of pyridine rings is 2. The first-order chi connectivity index (χ1) is 9.65. The Hall–Kier alpha value is -1.70. The maximum absolute atomic E-state index is 2.42. The summed E-state index contributed by atoms with van der Waals surface area (Å²) in [7, 11) is 4.16. The van der Waals surface area contributed by atoms with E-state index >= 15 is 0 Å². The topological polar surface area (TPSA) is 7.76 Å². The molecule has 1 aliphatic carbocycles. The van der Waals surface area contributed by atoms with Gasteiger partial charge in [0.25, 0.3) is 0 Å². The summed E-state index contributed by atoms with van der Waals surface area (Å²) in [4.78, 5) is 0. The van der Waals surface area contributed by atoms with E-state index in [1.165, 1.54) is 24.0 Å². The van der Waals surface area contributed by atoms with Gasteiger partial charge in [-0.25, -0.2) is 9.13 Å². The molecule has 2 aromatic heterocycles. The van der Waals surface area contributed by atoms with Crippen LogP contribution in [0.2, 0.25) is 0 Å². The molecule has 1 saturated carbocycles. The minimum Gasteiger partial charge on any atom is -0.208 e. The van der Waals surface area contributed by atoms with E-state index in [-0.39, 0.29) is 0 Å². The molecule has 2 heterocycles. The van der Waals surface area contributed by atoms with Gasteiger partial charge in [-0.2, -0.15) is 0 Å². The lowest BCUT2D eigenvalue weighted by Gasteiger charge is -2.20. The standard InChI is InChI=1S/C18H24N2/c1-14-17(15-6-10-19(2)11-7-15)4-5-18(14)16-8-12-20(3)13-9-16/h6-14,17-18H,4-5H2,1-3H3/q+2. The Kier molecular flexibility index (Phi) is 3.56. The fraction of sp³-hybridized carbons (Fsp3) is 0.444. The largest absolute Gasteiger partial charge is 0.208 e. The van der Waals surface area contributed by atoms with Gasteiger partial charge in [-0.3, -0.25) is 0 Å². The van der Waals surface area contributed by atoms with Crippen LogP contribution in [0.1, 0.15) is 42.7 Å². The third-order valence-electron chi connectivity index (χ3n) is 4.92. The third-order valence-corrected chi connectivity index (χ3v) is 4.92. The second-order valence-electron chi connectivity index (χ2n) is 6.24. The predicted octanol–water partition coefficient (Wildman–Crippen LogP) is 2.63. The Morgan fingerprint density at radius 1 is 0.750 bits per heavy atom. The Balaban J connectivity index is 1.81. The summed E-state index contributed by atoms with van der Waals surface area (Å²) in [6.07, 6.45) is 11.3. The van der Waals surface area contributed by atoms with Gasteiger partial charge in [0, 0.05) is 24.3 Å². The van der Waals surface area contributed by atoms with Crippen molar-refractivity contribution in [3.8, 4) is 0 Å². The number of hydrogen-bond acceptors (Lipinski definition) is 0. The molecule has 0 spiro atoms. The van der Waals surface area contributed by atoms with E-state index in [1.54, 1.807) is 0 Å². The third kappa shape index (κ3) is 2.47. The molecule has 20 heavy (non-hydrogen) atoms. The molecular formula is C18H24N2+2. The second-order valence-corrected chi connectivity index (χ2v) is 6.24. The van der Waals surface area contributed by atoms with E-state index in [0.717, 1.165) is 5.92 Å². The number of rotatable bonds is 2. The Bertz CT molecular complexity index is 518. The normalized spacial score (nSPS) is 25.9. The molecule has 2 aromatic rings. The molecule has 2 atom stereocenters. The fourth-order valence-corrected chi connectivity index (χ4v) is 3.63. The SMILES string of the molecule is CC1C(c2cc[n+](C)cc2)CCC1c1cc[n+](C)cc1. The lowest BCUT2D eigenvalue weighted by atomic mass is 9.84. The van der Waals surface area contributed by atoms with E-state index in [0.29, 0.717) is 11.8 Å². The van der Waals surface area contributed by atoms with Crippen LogP contribution < -0.4 is 9.13 Å². The molecule has 0 aromatic carbocycles. The molecule has 2 unspecified atom stereocenters. The molecule has 2 heteroatoms. The maximum Gasteiger partial charge on any atom is 0.168 e. The van der Waals surface area contributed by atoms with E-state index in [4.69, 9.17) is 0 Å². The summed E-state index contributed by atoms with van der Waals surface area (Å²) in [5, 5.41) is 0. The highest BCUT2D eigenvalue weighted by Crippen LogP contribution is 2.47. The minimum absolute atomic E-state index is 0.704. The van der Waals surface area contributed by atoms with E-state index in [2.05, 4.69) is 79.2 Å². The van der Waals surface area contributed by atoms with Crippen LogP contribution in [-0.2, 0) is 14.1 Å². The van der Waals surface area contributed by atoms with Crippen molar-refractivity contribution in [3.63, 3.8) is 0 Å². The van der Waals surface area contributed by atoms with Crippen molar-refractivity contribution in [1.29, 1.82) is 0 Å². The van der Waals surface area contributed by atoms with Crippen molar-refractivity contribution in [2.75, 3.05) is 0 Å². The zero-order valence-corrected chi connectivity index (χ0v) is 12.7. The molecule has 0 bridgehead atoms. The number of aromatic nitrogens is 2. The first-order valence-corrected chi connectivity index (χ1v) is 7.55. The molecule has 3 rings (SSSR count). The number of hydrogen-bond donors (Lipinski definition) is 0. The lowest BCUT2D eigenvalue weighted by Crippen LogP contribution is -2.26. The van der Waals surface area contributed by atoms with E-state index in [1.807, 2.05) is 0 Å². The first-order valence-electron chi connectivity index (χ1n) is 7.55. The molecule has 0 N–H and O–H groups in total. The molecule has 1 fully saturated rings. The van der Waals surface area contributed by atoms with Gasteiger partial charge in [0.15, 0.2) is 24.8 Å². The highest BCUT2D eigenvalue weighted by molar-refractivity contribution is 5.24. The van der Waals surface area contributed by atoms with Crippen LogP contribution in [0, 0.1) is 5.92 Å². The summed E-state index contributed by atoms with van der Waals surface area (Å²) < 4.78 is 4.22. The quantitative estimate of drug-likeness (QED) is 0.740. The summed E-state index contributed by atoms with van der Waals surface area (Å²) >= 11 is 0. The van der Waals surface area contributed by atoms with Crippen LogP contribution >= 0.6 is 0 Å². The van der Waals surface area contributed by atoms with Crippen LogP contribution in [0.3, 0.4) is 0 Å². The average molecular weight is 268 g/mol. The molecule has 2 nitrogen and oxygen atoms in total. The van der Waals surface area contributed by atoms with Gasteiger partial charge >= 0.3 is 0 Å². The molecule has 0 radical (unpaired) electrons. The molecule has 0 saturated heterocycles. The van der Waals surface area contributed by atoms with Crippen LogP contribution in [0.4, 0.5) is 0 Å². The van der Waals surface area contributed by atoms with Crippen molar-refractivity contribution in [2.24, 2.45) is 20.0 Å². The zero-order chi connectivity index (χ0) is 14.1. The Labute approximate surface area is 121 Å². The number of nitrogens with zero attached hydrogens (tertiary/aromatic N) is 2. The van der Waals surface area contributed by atoms with Crippen molar-refractivity contribution >= 4 is 0 Å². The molecule has 0 aliphatic heterocycles. The van der Waals surface area contributed by atoms with Gasteiger partial charge in [-0.05, 0) is 41.7 Å². The van der Waals surface area contributed by atoms with Crippen molar-refractivity contribution < 1.29 is 9.13 Å². The van der Waals surface area contributed by atoms with Crippen LogP contribution in [-0.4, -0.2) is 0 Å². The maximum atomic E-state index is 2.42. The van der Waals surface area contributed by atoms with Crippen molar-refractivity contribution in [2.45, 2.75) is 31.6 Å². The van der Waals surface area contributed by atoms with Crippen LogP contribution in [0.25, 0.3) is 0 Å². The van der Waals surface area contributed by atoms with Gasteiger partial charge in [0.05, 0.1) is 0 Å². The fourth-order valence-electron chi connectivity index (χ4n) is 3.63. The molecule has 104 valence electrons.